The molecule has 3 N–H and O–H groups in total. The summed E-state index contributed by atoms with van der Waals surface area (Å²) in [4.78, 5) is 11.7. The van der Waals surface area contributed by atoms with Gasteiger partial charge in [0.15, 0.2) is 0 Å². The molecule has 0 bridgehead atoms. The van der Waals surface area contributed by atoms with Gasteiger partial charge in [0.25, 0.3) is 0 Å². The number of carbonyl (C=O) groups is 1. The van der Waals surface area contributed by atoms with Crippen molar-refractivity contribution < 1.29 is 4.79 Å². The lowest BCUT2D eigenvalue weighted by Crippen LogP contribution is -2.23. The largest absolute Gasteiger partial charge is 0.356 e. The van der Waals surface area contributed by atoms with Crippen LogP contribution >= 0.6 is 0 Å². The van der Waals surface area contributed by atoms with E-state index in [9.17, 15) is 4.79 Å². The van der Waals surface area contributed by atoms with Gasteiger partial charge in [0.1, 0.15) is 0 Å². The summed E-state index contributed by atoms with van der Waals surface area (Å²) >= 11 is 0. The lowest BCUT2D eigenvalue weighted by molar-refractivity contribution is -0.121. The van der Waals surface area contributed by atoms with E-state index in [4.69, 9.17) is 5.73 Å². The Balaban J connectivity index is 3.13. The van der Waals surface area contributed by atoms with Crippen molar-refractivity contribution >= 4 is 5.91 Å². The fourth-order valence-electron chi connectivity index (χ4n) is 2.89. The fourth-order valence-corrected chi connectivity index (χ4v) is 2.89. The van der Waals surface area contributed by atoms with Crippen LogP contribution in [0.25, 0.3) is 0 Å². The van der Waals surface area contributed by atoms with Crippen LogP contribution < -0.4 is 11.1 Å². The van der Waals surface area contributed by atoms with Gasteiger partial charge in [0, 0.05) is 13.0 Å². The maximum absolute atomic E-state index is 11.7. The SMILES string of the molecule is CCCCCCCCCCCC(=O)NCCCCCCCCN. The molecule has 0 atom stereocenters. The van der Waals surface area contributed by atoms with Crippen molar-refractivity contribution in [1.82, 2.24) is 5.32 Å². The number of hydrogen-bond acceptors (Lipinski definition) is 2. The highest BCUT2D eigenvalue weighted by Gasteiger charge is 2.00. The predicted octanol–water partition coefficient (Wildman–Crippen LogP) is 5.32. The lowest BCUT2D eigenvalue weighted by atomic mass is 10.1. The van der Waals surface area contributed by atoms with Gasteiger partial charge in [0.2, 0.25) is 5.91 Å². The van der Waals surface area contributed by atoms with Gasteiger partial charge in [-0.1, -0.05) is 84.0 Å². The van der Waals surface area contributed by atoms with Crippen molar-refractivity contribution in [3.8, 4) is 0 Å². The standard InChI is InChI=1S/C20H42N2O/c1-2-3-4-5-6-7-8-11-14-17-20(23)22-19-16-13-10-9-12-15-18-21/h2-19,21H2,1H3,(H,22,23). The third kappa shape index (κ3) is 19.4. The van der Waals surface area contributed by atoms with E-state index >= 15 is 0 Å². The van der Waals surface area contributed by atoms with Crippen molar-refractivity contribution in [1.29, 1.82) is 0 Å². The summed E-state index contributed by atoms with van der Waals surface area (Å²) in [7, 11) is 0. The summed E-state index contributed by atoms with van der Waals surface area (Å²) in [5, 5.41) is 3.05. The van der Waals surface area contributed by atoms with E-state index in [2.05, 4.69) is 12.2 Å². The predicted molar refractivity (Wildman–Crippen MR) is 102 cm³/mol. The third-order valence-corrected chi connectivity index (χ3v) is 4.46. The third-order valence-electron chi connectivity index (χ3n) is 4.46. The molecule has 0 aromatic carbocycles. The number of carbonyl (C=O) groups excluding carboxylic acids is 1. The molecule has 0 saturated carbocycles. The second kappa shape index (κ2) is 19.5. The van der Waals surface area contributed by atoms with E-state index in [1.807, 2.05) is 0 Å². The van der Waals surface area contributed by atoms with Crippen LogP contribution in [0.15, 0.2) is 0 Å². The molecule has 0 aromatic rings. The molecule has 3 nitrogen and oxygen atoms in total. The van der Waals surface area contributed by atoms with Crippen LogP contribution in [0.4, 0.5) is 0 Å². The minimum Gasteiger partial charge on any atom is -0.356 e. The molecular formula is C20H42N2O. The van der Waals surface area contributed by atoms with Gasteiger partial charge in [-0.15, -0.1) is 0 Å². The molecule has 0 unspecified atom stereocenters. The van der Waals surface area contributed by atoms with E-state index in [-0.39, 0.29) is 5.91 Å². The Kier molecular flexibility index (Phi) is 19.0. The Morgan fingerprint density at radius 1 is 0.696 bits per heavy atom. The lowest BCUT2D eigenvalue weighted by Gasteiger charge is -2.05. The van der Waals surface area contributed by atoms with E-state index in [1.54, 1.807) is 0 Å². The molecule has 0 radical (unpaired) electrons. The summed E-state index contributed by atoms with van der Waals surface area (Å²) < 4.78 is 0. The van der Waals surface area contributed by atoms with Crippen LogP contribution in [0.2, 0.25) is 0 Å². The van der Waals surface area contributed by atoms with Crippen LogP contribution in [0.3, 0.4) is 0 Å². The molecule has 0 fully saturated rings. The van der Waals surface area contributed by atoms with Crippen molar-refractivity contribution in [3.05, 3.63) is 0 Å². The van der Waals surface area contributed by atoms with Gasteiger partial charge in [-0.05, 0) is 25.8 Å². The Morgan fingerprint density at radius 2 is 1.17 bits per heavy atom. The zero-order chi connectivity index (χ0) is 17.0. The molecule has 0 heterocycles. The van der Waals surface area contributed by atoms with Gasteiger partial charge in [-0.2, -0.15) is 0 Å². The van der Waals surface area contributed by atoms with E-state index in [0.29, 0.717) is 6.42 Å². The number of amides is 1. The Bertz CT molecular complexity index is 244. The second-order valence-corrected chi connectivity index (χ2v) is 6.84. The minimum atomic E-state index is 0.246. The fraction of sp³-hybridized carbons (Fsp3) is 0.950. The molecule has 23 heavy (non-hydrogen) atoms. The van der Waals surface area contributed by atoms with Crippen LogP contribution in [0, 0.1) is 0 Å². The normalized spacial score (nSPS) is 10.9. The summed E-state index contributed by atoms with van der Waals surface area (Å²) in [6.07, 6.45) is 19.8. The smallest absolute Gasteiger partial charge is 0.219 e. The number of rotatable bonds is 18. The zero-order valence-electron chi connectivity index (χ0n) is 15.7. The first kappa shape index (κ1) is 22.4. The summed E-state index contributed by atoms with van der Waals surface area (Å²) in [5.74, 6) is 0.246. The Hall–Kier alpha value is -0.570. The topological polar surface area (TPSA) is 55.1 Å². The number of nitrogens with two attached hydrogens (primary N) is 1. The van der Waals surface area contributed by atoms with Crippen LogP contribution in [0.1, 0.15) is 110 Å². The highest BCUT2D eigenvalue weighted by Crippen LogP contribution is 2.10. The number of hydrogen-bond donors (Lipinski definition) is 2. The van der Waals surface area contributed by atoms with Gasteiger partial charge in [-0.25, -0.2) is 0 Å². The van der Waals surface area contributed by atoms with Crippen LogP contribution in [-0.4, -0.2) is 19.0 Å². The molecule has 0 saturated heterocycles. The van der Waals surface area contributed by atoms with Crippen LogP contribution in [-0.2, 0) is 4.79 Å². The van der Waals surface area contributed by atoms with Gasteiger partial charge < -0.3 is 11.1 Å². The van der Waals surface area contributed by atoms with Crippen molar-refractivity contribution in [2.75, 3.05) is 13.1 Å². The molecule has 1 amide bonds. The van der Waals surface area contributed by atoms with E-state index < -0.39 is 0 Å². The van der Waals surface area contributed by atoms with Crippen LogP contribution in [0.5, 0.6) is 0 Å². The van der Waals surface area contributed by atoms with Gasteiger partial charge >= 0.3 is 0 Å². The zero-order valence-corrected chi connectivity index (χ0v) is 15.7. The maximum atomic E-state index is 11.7. The molecular weight excluding hydrogens is 284 g/mol. The van der Waals surface area contributed by atoms with Gasteiger partial charge in [0.05, 0.1) is 0 Å². The molecule has 0 rings (SSSR count). The van der Waals surface area contributed by atoms with Crippen molar-refractivity contribution in [2.45, 2.75) is 110 Å². The average molecular weight is 327 g/mol. The first-order chi connectivity index (χ1) is 11.3. The average Bonchev–Trinajstić information content (AvgIpc) is 2.56. The quantitative estimate of drug-likeness (QED) is 0.335. The first-order valence-electron chi connectivity index (χ1n) is 10.3. The minimum absolute atomic E-state index is 0.246. The molecule has 138 valence electrons. The highest BCUT2D eigenvalue weighted by molar-refractivity contribution is 5.75. The Labute approximate surface area is 145 Å². The Morgan fingerprint density at radius 3 is 1.74 bits per heavy atom. The second-order valence-electron chi connectivity index (χ2n) is 6.84. The first-order valence-corrected chi connectivity index (χ1v) is 10.3. The van der Waals surface area contributed by atoms with E-state index in [1.165, 1.54) is 77.0 Å². The molecule has 0 spiro atoms. The molecule has 0 aliphatic carbocycles. The number of unbranched alkanes of at least 4 members (excludes halogenated alkanes) is 13. The summed E-state index contributed by atoms with van der Waals surface area (Å²) in [6, 6.07) is 0. The molecule has 0 aromatic heterocycles. The molecule has 3 heteroatoms. The molecule has 0 aliphatic heterocycles. The van der Waals surface area contributed by atoms with Crippen molar-refractivity contribution in [2.24, 2.45) is 5.73 Å². The highest BCUT2D eigenvalue weighted by atomic mass is 16.1. The van der Waals surface area contributed by atoms with Crippen molar-refractivity contribution in [3.63, 3.8) is 0 Å². The van der Waals surface area contributed by atoms with Gasteiger partial charge in [-0.3, -0.25) is 4.79 Å². The summed E-state index contributed by atoms with van der Waals surface area (Å²) in [6.45, 7) is 3.93. The molecule has 0 aliphatic rings. The monoisotopic (exact) mass is 326 g/mol. The number of nitrogens with one attached hydrogen (secondary N) is 1. The maximum Gasteiger partial charge on any atom is 0.219 e. The summed E-state index contributed by atoms with van der Waals surface area (Å²) in [5.41, 5.74) is 5.47. The van der Waals surface area contributed by atoms with E-state index in [0.717, 1.165) is 32.4 Å².